The van der Waals surface area contributed by atoms with Crippen molar-refractivity contribution in [2.45, 2.75) is 258 Å². The van der Waals surface area contributed by atoms with Crippen LogP contribution in [-0.2, 0) is 28.6 Å². The molecule has 6 nitrogen and oxygen atoms in total. The lowest BCUT2D eigenvalue weighted by molar-refractivity contribution is -0.167. The third kappa shape index (κ3) is 51.4. The fourth-order valence-corrected chi connectivity index (χ4v) is 7.30. The molecule has 65 heavy (non-hydrogen) atoms. The van der Waals surface area contributed by atoms with Crippen LogP contribution in [0.1, 0.15) is 252 Å². The maximum absolute atomic E-state index is 12.7. The number of carbonyl (C=O) groups excluding carboxylic acids is 3. The van der Waals surface area contributed by atoms with Gasteiger partial charge in [0.25, 0.3) is 0 Å². The number of hydrogen-bond acceptors (Lipinski definition) is 6. The Kier molecular flexibility index (Phi) is 50.4. The summed E-state index contributed by atoms with van der Waals surface area (Å²) < 4.78 is 16.7. The summed E-state index contributed by atoms with van der Waals surface area (Å²) in [5, 5.41) is 0. The average molecular weight is 905 g/mol. The van der Waals surface area contributed by atoms with Crippen LogP contribution >= 0.6 is 0 Å². The molecule has 0 rings (SSSR count). The van der Waals surface area contributed by atoms with Crippen LogP contribution in [0.5, 0.6) is 0 Å². The SMILES string of the molecule is CC/C=C\C/C=C\C/C=C\C/C=C\C/C=C\CCCCCCCCCCCCCC(=O)OCC(COC(=O)CCCCCCC/C=C\CCC)OC(=O)CCCCCCC/C=C\CCC. The summed E-state index contributed by atoms with van der Waals surface area (Å²) in [7, 11) is 0. The first-order chi connectivity index (χ1) is 32.0. The van der Waals surface area contributed by atoms with E-state index < -0.39 is 6.10 Å². The van der Waals surface area contributed by atoms with Gasteiger partial charge in [-0.05, 0) is 103 Å². The maximum Gasteiger partial charge on any atom is 0.306 e. The normalized spacial score (nSPS) is 12.7. The smallest absolute Gasteiger partial charge is 0.306 e. The second-order valence-corrected chi connectivity index (χ2v) is 17.7. The summed E-state index contributed by atoms with van der Waals surface area (Å²) in [6, 6.07) is 0. The second kappa shape index (κ2) is 53.2. The fourth-order valence-electron chi connectivity index (χ4n) is 7.30. The van der Waals surface area contributed by atoms with E-state index in [-0.39, 0.29) is 31.1 Å². The van der Waals surface area contributed by atoms with E-state index in [1.165, 1.54) is 89.9 Å². The Balaban J connectivity index is 4.16. The average Bonchev–Trinajstić information content (AvgIpc) is 3.30. The minimum absolute atomic E-state index is 0.0838. The summed E-state index contributed by atoms with van der Waals surface area (Å²) in [6.45, 7) is 6.38. The number of esters is 3. The lowest BCUT2D eigenvalue weighted by Crippen LogP contribution is -2.30. The summed E-state index contributed by atoms with van der Waals surface area (Å²) >= 11 is 0. The predicted molar refractivity (Wildman–Crippen MR) is 279 cm³/mol. The molecule has 0 aromatic heterocycles. The van der Waals surface area contributed by atoms with Gasteiger partial charge in [0, 0.05) is 19.3 Å². The molecule has 0 aliphatic carbocycles. The van der Waals surface area contributed by atoms with Gasteiger partial charge in [0.1, 0.15) is 13.2 Å². The highest BCUT2D eigenvalue weighted by Crippen LogP contribution is 2.15. The molecule has 1 atom stereocenters. The van der Waals surface area contributed by atoms with E-state index in [0.717, 1.165) is 122 Å². The standard InChI is InChI=1S/C59H100O6/c1-4-7-10-13-16-19-22-23-24-25-26-27-28-29-30-31-32-33-34-35-36-37-38-41-43-46-49-52-58(61)64-55-56(65-59(62)53-50-47-44-40-21-18-15-12-9-6-3)54-63-57(60)51-48-45-42-39-20-17-14-11-8-5-2/h7,10-12,14-16,19,23-24,26-27,29-30,56H,4-6,8-9,13,17-18,20-22,25,28,31-55H2,1-3H3/b10-7-,14-11-,15-12-,19-16-,24-23-,27-26-,30-29-. The molecule has 0 amide bonds. The van der Waals surface area contributed by atoms with E-state index in [4.69, 9.17) is 14.2 Å². The van der Waals surface area contributed by atoms with E-state index in [1.807, 2.05) is 0 Å². The molecule has 0 radical (unpaired) electrons. The third-order valence-electron chi connectivity index (χ3n) is 11.3. The summed E-state index contributed by atoms with van der Waals surface area (Å²) in [4.78, 5) is 37.9. The Labute approximate surface area is 401 Å². The Bertz CT molecular complexity index is 1270. The van der Waals surface area contributed by atoms with Crippen molar-refractivity contribution in [2.75, 3.05) is 13.2 Å². The molecule has 0 fully saturated rings. The molecule has 0 spiro atoms. The number of hydrogen-bond donors (Lipinski definition) is 0. The first kappa shape index (κ1) is 61.6. The fraction of sp³-hybridized carbons (Fsp3) is 0.712. The monoisotopic (exact) mass is 905 g/mol. The summed E-state index contributed by atoms with van der Waals surface area (Å²) in [5.41, 5.74) is 0. The quantitative estimate of drug-likeness (QED) is 0.0262. The molecule has 0 aliphatic rings. The number of carbonyl (C=O) groups is 3. The van der Waals surface area contributed by atoms with Crippen LogP contribution in [0, 0.1) is 0 Å². The van der Waals surface area contributed by atoms with E-state index in [9.17, 15) is 14.4 Å². The summed E-state index contributed by atoms with van der Waals surface area (Å²) in [5.74, 6) is -0.909. The van der Waals surface area contributed by atoms with Crippen molar-refractivity contribution in [1.29, 1.82) is 0 Å². The van der Waals surface area contributed by atoms with Crippen LogP contribution in [0.15, 0.2) is 85.1 Å². The highest BCUT2D eigenvalue weighted by Gasteiger charge is 2.19. The van der Waals surface area contributed by atoms with Gasteiger partial charge in [-0.1, -0.05) is 215 Å². The van der Waals surface area contributed by atoms with Crippen molar-refractivity contribution in [3.8, 4) is 0 Å². The van der Waals surface area contributed by atoms with Crippen molar-refractivity contribution in [3.63, 3.8) is 0 Å². The highest BCUT2D eigenvalue weighted by atomic mass is 16.6. The molecule has 0 heterocycles. The molecular weight excluding hydrogens is 805 g/mol. The topological polar surface area (TPSA) is 78.9 Å². The van der Waals surface area contributed by atoms with Crippen LogP contribution in [0.4, 0.5) is 0 Å². The van der Waals surface area contributed by atoms with Crippen molar-refractivity contribution < 1.29 is 28.6 Å². The van der Waals surface area contributed by atoms with Gasteiger partial charge in [0.05, 0.1) is 0 Å². The van der Waals surface area contributed by atoms with E-state index in [1.54, 1.807) is 0 Å². The van der Waals surface area contributed by atoms with E-state index in [2.05, 4.69) is 106 Å². The number of rotatable bonds is 48. The van der Waals surface area contributed by atoms with Gasteiger partial charge in [-0.2, -0.15) is 0 Å². The Morgan fingerprint density at radius 1 is 0.323 bits per heavy atom. The maximum atomic E-state index is 12.7. The van der Waals surface area contributed by atoms with Crippen molar-refractivity contribution >= 4 is 17.9 Å². The minimum Gasteiger partial charge on any atom is -0.462 e. The Hall–Kier alpha value is -3.41. The molecule has 0 aromatic carbocycles. The Morgan fingerprint density at radius 3 is 0.954 bits per heavy atom. The van der Waals surface area contributed by atoms with Crippen LogP contribution in [0.3, 0.4) is 0 Å². The largest absolute Gasteiger partial charge is 0.462 e. The van der Waals surface area contributed by atoms with E-state index in [0.29, 0.717) is 19.3 Å². The number of allylic oxidation sites excluding steroid dienone is 14. The highest BCUT2D eigenvalue weighted by molar-refractivity contribution is 5.71. The van der Waals surface area contributed by atoms with Crippen LogP contribution in [-0.4, -0.2) is 37.2 Å². The number of ether oxygens (including phenoxy) is 3. The molecule has 0 aliphatic heterocycles. The zero-order valence-corrected chi connectivity index (χ0v) is 42.5. The minimum atomic E-state index is -0.782. The number of unbranched alkanes of at least 4 members (excludes halogenated alkanes) is 23. The van der Waals surface area contributed by atoms with Crippen molar-refractivity contribution in [2.24, 2.45) is 0 Å². The van der Waals surface area contributed by atoms with Gasteiger partial charge < -0.3 is 14.2 Å². The molecular formula is C59H100O6. The molecule has 372 valence electrons. The van der Waals surface area contributed by atoms with Crippen LogP contribution in [0.2, 0.25) is 0 Å². The van der Waals surface area contributed by atoms with Gasteiger partial charge >= 0.3 is 17.9 Å². The third-order valence-corrected chi connectivity index (χ3v) is 11.3. The molecule has 1 unspecified atom stereocenters. The summed E-state index contributed by atoms with van der Waals surface area (Å²) in [6.07, 6.45) is 68.8. The van der Waals surface area contributed by atoms with Gasteiger partial charge in [-0.3, -0.25) is 14.4 Å². The Morgan fingerprint density at radius 2 is 0.600 bits per heavy atom. The molecule has 0 N–H and O–H groups in total. The predicted octanol–water partition coefficient (Wildman–Crippen LogP) is 18.0. The van der Waals surface area contributed by atoms with Crippen molar-refractivity contribution in [1.82, 2.24) is 0 Å². The van der Waals surface area contributed by atoms with Gasteiger partial charge in [-0.15, -0.1) is 0 Å². The first-order valence-electron chi connectivity index (χ1n) is 27.1. The lowest BCUT2D eigenvalue weighted by Gasteiger charge is -2.18. The van der Waals surface area contributed by atoms with Gasteiger partial charge in [0.15, 0.2) is 6.10 Å². The first-order valence-corrected chi connectivity index (χ1v) is 27.1. The molecule has 0 aromatic rings. The van der Waals surface area contributed by atoms with Crippen molar-refractivity contribution in [3.05, 3.63) is 85.1 Å². The van der Waals surface area contributed by atoms with Crippen LogP contribution < -0.4 is 0 Å². The second-order valence-electron chi connectivity index (χ2n) is 17.7. The molecule has 0 saturated heterocycles. The van der Waals surface area contributed by atoms with Gasteiger partial charge in [-0.25, -0.2) is 0 Å². The molecule has 0 bridgehead atoms. The molecule has 6 heteroatoms. The molecule has 0 saturated carbocycles. The van der Waals surface area contributed by atoms with Crippen LogP contribution in [0.25, 0.3) is 0 Å². The zero-order valence-electron chi connectivity index (χ0n) is 42.5. The van der Waals surface area contributed by atoms with Gasteiger partial charge in [0.2, 0.25) is 0 Å². The zero-order chi connectivity index (χ0) is 47.2. The lowest BCUT2D eigenvalue weighted by atomic mass is 10.0. The van der Waals surface area contributed by atoms with E-state index >= 15 is 0 Å².